The number of aliphatic imine (C=N–C) groups is 1. The summed E-state index contributed by atoms with van der Waals surface area (Å²) in [6.07, 6.45) is 7.80. The van der Waals surface area contributed by atoms with Crippen molar-refractivity contribution < 1.29 is 9.53 Å². The van der Waals surface area contributed by atoms with Crippen molar-refractivity contribution in [2.24, 2.45) is 10.9 Å². The maximum Gasteiger partial charge on any atom is 0.330 e. The van der Waals surface area contributed by atoms with Crippen LogP contribution in [-0.4, -0.2) is 40.9 Å². The van der Waals surface area contributed by atoms with E-state index < -0.39 is 0 Å². The molecule has 1 fully saturated rings. The van der Waals surface area contributed by atoms with Gasteiger partial charge in [0.1, 0.15) is 6.04 Å². The van der Waals surface area contributed by atoms with E-state index in [0.717, 1.165) is 12.8 Å². The molecule has 0 amide bonds. The molecular weight excluding hydrogens is 302 g/mol. The summed E-state index contributed by atoms with van der Waals surface area (Å²) >= 11 is 3.99. The summed E-state index contributed by atoms with van der Waals surface area (Å²) in [5, 5.41) is 0. The highest BCUT2D eigenvalue weighted by atomic mass is 32.2. The first kappa shape index (κ1) is 18.9. The number of hydrogen-bond donors (Lipinski definition) is 0. The normalized spacial score (nSPS) is 21.1. The topological polar surface area (TPSA) is 38.7 Å². The van der Waals surface area contributed by atoms with Crippen molar-refractivity contribution in [2.75, 3.05) is 18.6 Å². The summed E-state index contributed by atoms with van der Waals surface area (Å²) in [5.74, 6) is 2.39. The Balaban J connectivity index is 2.84. The molecule has 0 aromatic carbocycles. The van der Waals surface area contributed by atoms with Crippen molar-refractivity contribution in [3.63, 3.8) is 0 Å². The van der Waals surface area contributed by atoms with Crippen LogP contribution in [0.1, 0.15) is 52.9 Å². The molecule has 1 aliphatic rings. The summed E-state index contributed by atoms with van der Waals surface area (Å²) in [5.41, 5.74) is 0. The summed E-state index contributed by atoms with van der Waals surface area (Å²) in [6, 6.07) is -0.360. The van der Waals surface area contributed by atoms with Crippen LogP contribution >= 0.6 is 23.5 Å². The predicted octanol–water partition coefficient (Wildman–Crippen LogP) is 4.40. The number of esters is 1. The van der Waals surface area contributed by atoms with Crippen molar-refractivity contribution in [1.29, 1.82) is 0 Å². The Hall–Kier alpha value is -0.160. The molecule has 0 unspecified atom stereocenters. The number of hydrogen-bond acceptors (Lipinski definition) is 5. The van der Waals surface area contributed by atoms with E-state index in [1.54, 1.807) is 0 Å². The molecule has 0 aliphatic carbocycles. The minimum absolute atomic E-state index is 0.0635. The van der Waals surface area contributed by atoms with Crippen LogP contribution in [-0.2, 0) is 9.53 Å². The van der Waals surface area contributed by atoms with E-state index in [1.807, 2.05) is 23.5 Å². The Bertz CT molecular complexity index is 341. The van der Waals surface area contributed by atoms with Gasteiger partial charge in [-0.3, -0.25) is 4.99 Å². The summed E-state index contributed by atoms with van der Waals surface area (Å²) in [7, 11) is 1.45. The zero-order chi connectivity index (χ0) is 15.7. The predicted molar refractivity (Wildman–Crippen MR) is 95.5 cm³/mol. The first-order valence-corrected chi connectivity index (χ1v) is 9.95. The van der Waals surface area contributed by atoms with Gasteiger partial charge in [-0.2, -0.15) is 0 Å². The van der Waals surface area contributed by atoms with E-state index in [9.17, 15) is 4.79 Å². The molecule has 0 N–H and O–H groups in total. The standard InChI is InChI=1S/C16H29NO2S2/c1-5-7-9-16(20-10-8-11-21-16)12-17-14(13(3)6-2)15(18)19-4/h12-14H,5-11H2,1-4H3/t13-,14-/m0/s1. The Morgan fingerprint density at radius 1 is 1.38 bits per heavy atom. The smallest absolute Gasteiger partial charge is 0.330 e. The second kappa shape index (κ2) is 9.78. The summed E-state index contributed by atoms with van der Waals surface area (Å²) < 4.78 is 4.99. The van der Waals surface area contributed by atoms with Gasteiger partial charge in [0.25, 0.3) is 0 Å². The van der Waals surface area contributed by atoms with E-state index >= 15 is 0 Å². The number of methoxy groups -OCH3 is 1. The number of carbonyl (C=O) groups excluding carboxylic acids is 1. The molecule has 122 valence electrons. The lowest BCUT2D eigenvalue weighted by molar-refractivity contribution is -0.143. The average molecular weight is 332 g/mol. The molecule has 0 bridgehead atoms. The zero-order valence-corrected chi connectivity index (χ0v) is 15.4. The second-order valence-electron chi connectivity index (χ2n) is 5.60. The monoisotopic (exact) mass is 331 g/mol. The molecule has 1 saturated heterocycles. The summed E-state index contributed by atoms with van der Waals surface area (Å²) in [6.45, 7) is 6.38. The molecule has 1 rings (SSSR count). The number of nitrogens with zero attached hydrogens (tertiary/aromatic N) is 1. The fourth-order valence-corrected chi connectivity index (χ4v) is 5.41. The highest BCUT2D eigenvalue weighted by Gasteiger charge is 2.33. The molecule has 0 radical (unpaired) electrons. The number of carbonyl (C=O) groups is 1. The van der Waals surface area contributed by atoms with Gasteiger partial charge < -0.3 is 4.74 Å². The van der Waals surface area contributed by atoms with Crippen LogP contribution in [0.2, 0.25) is 0 Å². The highest BCUT2D eigenvalue weighted by molar-refractivity contribution is 8.19. The quantitative estimate of drug-likeness (QED) is 0.488. The van der Waals surface area contributed by atoms with Gasteiger partial charge in [0.2, 0.25) is 0 Å². The number of rotatable bonds is 8. The van der Waals surface area contributed by atoms with Crippen molar-refractivity contribution >= 4 is 35.7 Å². The minimum atomic E-state index is -0.360. The SMILES string of the molecule is CCCCC1(C=N[C@H](C(=O)OC)[C@@H](C)CC)SCCCS1. The lowest BCUT2D eigenvalue weighted by atomic mass is 10.00. The lowest BCUT2D eigenvalue weighted by Crippen LogP contribution is -2.32. The largest absolute Gasteiger partial charge is 0.467 e. The Kier molecular flexibility index (Phi) is 8.79. The van der Waals surface area contributed by atoms with Crippen LogP contribution in [0.15, 0.2) is 4.99 Å². The summed E-state index contributed by atoms with van der Waals surface area (Å²) in [4.78, 5) is 16.6. The van der Waals surface area contributed by atoms with Crippen LogP contribution < -0.4 is 0 Å². The lowest BCUT2D eigenvalue weighted by Gasteiger charge is -2.33. The van der Waals surface area contributed by atoms with E-state index in [4.69, 9.17) is 4.74 Å². The van der Waals surface area contributed by atoms with Crippen molar-refractivity contribution in [2.45, 2.75) is 63.0 Å². The molecule has 21 heavy (non-hydrogen) atoms. The fraction of sp³-hybridized carbons (Fsp3) is 0.875. The van der Waals surface area contributed by atoms with E-state index in [0.29, 0.717) is 0 Å². The van der Waals surface area contributed by atoms with E-state index in [2.05, 4.69) is 32.0 Å². The first-order chi connectivity index (χ1) is 10.1. The average Bonchev–Trinajstić information content (AvgIpc) is 2.53. The maximum atomic E-state index is 12.0. The Morgan fingerprint density at radius 2 is 2.05 bits per heavy atom. The highest BCUT2D eigenvalue weighted by Crippen LogP contribution is 2.44. The van der Waals surface area contributed by atoms with Crippen LogP contribution in [0.25, 0.3) is 0 Å². The fourth-order valence-electron chi connectivity index (χ4n) is 2.28. The van der Waals surface area contributed by atoms with Gasteiger partial charge in [0.05, 0.1) is 11.2 Å². The molecule has 0 spiro atoms. The van der Waals surface area contributed by atoms with Crippen LogP contribution in [0.5, 0.6) is 0 Å². The van der Waals surface area contributed by atoms with Crippen LogP contribution in [0, 0.1) is 5.92 Å². The third-order valence-electron chi connectivity index (χ3n) is 3.92. The molecule has 2 atom stereocenters. The van der Waals surface area contributed by atoms with Gasteiger partial charge in [-0.1, -0.05) is 40.0 Å². The minimum Gasteiger partial charge on any atom is -0.467 e. The van der Waals surface area contributed by atoms with E-state index in [-0.39, 0.29) is 22.0 Å². The van der Waals surface area contributed by atoms with Gasteiger partial charge >= 0.3 is 5.97 Å². The van der Waals surface area contributed by atoms with Crippen LogP contribution in [0.3, 0.4) is 0 Å². The zero-order valence-electron chi connectivity index (χ0n) is 13.8. The Labute approximate surface area is 138 Å². The van der Waals surface area contributed by atoms with Gasteiger partial charge in [0, 0.05) is 6.21 Å². The van der Waals surface area contributed by atoms with Gasteiger partial charge in [-0.15, -0.1) is 23.5 Å². The number of ether oxygens (including phenoxy) is 1. The van der Waals surface area contributed by atoms with Gasteiger partial charge in [-0.25, -0.2) is 4.79 Å². The van der Waals surface area contributed by atoms with Crippen molar-refractivity contribution in [1.82, 2.24) is 0 Å². The maximum absolute atomic E-state index is 12.0. The molecule has 0 aromatic heterocycles. The van der Waals surface area contributed by atoms with Gasteiger partial charge in [-0.05, 0) is 30.3 Å². The van der Waals surface area contributed by atoms with Gasteiger partial charge in [0.15, 0.2) is 0 Å². The molecule has 1 heterocycles. The molecule has 5 heteroatoms. The molecule has 1 aliphatic heterocycles. The third kappa shape index (κ3) is 5.85. The number of unbranched alkanes of at least 4 members (excludes halogenated alkanes) is 1. The number of thioether (sulfide) groups is 2. The Morgan fingerprint density at radius 3 is 2.57 bits per heavy atom. The second-order valence-corrected chi connectivity index (χ2v) is 8.71. The van der Waals surface area contributed by atoms with Crippen molar-refractivity contribution in [3.8, 4) is 0 Å². The third-order valence-corrected chi connectivity index (χ3v) is 7.21. The molecule has 0 aromatic rings. The molecule has 3 nitrogen and oxygen atoms in total. The van der Waals surface area contributed by atoms with Crippen molar-refractivity contribution in [3.05, 3.63) is 0 Å². The molecular formula is C16H29NO2S2. The first-order valence-electron chi connectivity index (χ1n) is 7.98. The molecule has 0 saturated carbocycles. The van der Waals surface area contributed by atoms with E-state index in [1.165, 1.54) is 37.9 Å². The van der Waals surface area contributed by atoms with Crippen LogP contribution in [0.4, 0.5) is 0 Å².